The molecule has 0 saturated carbocycles. The van der Waals surface area contributed by atoms with Crippen LogP contribution in [0.5, 0.6) is 0 Å². The summed E-state index contributed by atoms with van der Waals surface area (Å²) in [5, 5.41) is 0.949. The Morgan fingerprint density at radius 2 is 2.24 bits per heavy atom. The number of rotatable bonds is 3. The maximum absolute atomic E-state index is 6.16. The summed E-state index contributed by atoms with van der Waals surface area (Å²) in [5.74, 6) is 4.40. The summed E-state index contributed by atoms with van der Waals surface area (Å²) in [7, 11) is 0. The number of aryl methyl sites for hydroxylation is 1. The van der Waals surface area contributed by atoms with E-state index < -0.39 is 0 Å². The van der Waals surface area contributed by atoms with Gasteiger partial charge in [-0.1, -0.05) is 24.9 Å². The molecule has 0 radical (unpaired) electrons. The van der Waals surface area contributed by atoms with Gasteiger partial charge in [0, 0.05) is 17.3 Å². The summed E-state index contributed by atoms with van der Waals surface area (Å²) in [6.07, 6.45) is 2.01. The minimum atomic E-state index is 0.398. The van der Waals surface area contributed by atoms with Crippen LogP contribution in [0.2, 0.25) is 5.15 Å². The van der Waals surface area contributed by atoms with Crippen molar-refractivity contribution in [1.29, 1.82) is 0 Å². The molecular formula is C11H14BrClN2S2. The van der Waals surface area contributed by atoms with Crippen molar-refractivity contribution in [3.63, 3.8) is 0 Å². The fourth-order valence-corrected chi connectivity index (χ4v) is 4.83. The molecule has 6 heteroatoms. The maximum Gasteiger partial charge on any atom is 0.147 e. The second kappa shape index (κ2) is 6.64. The van der Waals surface area contributed by atoms with Gasteiger partial charge < -0.3 is 0 Å². The van der Waals surface area contributed by atoms with Gasteiger partial charge in [0.05, 0.1) is 15.4 Å². The summed E-state index contributed by atoms with van der Waals surface area (Å²) in [6.45, 7) is 2.15. The van der Waals surface area contributed by atoms with Crippen LogP contribution in [0.25, 0.3) is 0 Å². The summed E-state index contributed by atoms with van der Waals surface area (Å²) in [5.41, 5.74) is 1.04. The van der Waals surface area contributed by atoms with Gasteiger partial charge in [-0.15, -0.1) is 11.8 Å². The van der Waals surface area contributed by atoms with Gasteiger partial charge in [0.25, 0.3) is 0 Å². The molecule has 0 spiro atoms. The third kappa shape index (κ3) is 3.52. The molecule has 2 nitrogen and oxygen atoms in total. The summed E-state index contributed by atoms with van der Waals surface area (Å²) < 4.78 is 0.859. The van der Waals surface area contributed by atoms with Crippen LogP contribution in [0, 0.1) is 0 Å². The highest BCUT2D eigenvalue weighted by atomic mass is 79.9. The van der Waals surface area contributed by atoms with E-state index in [1.165, 1.54) is 11.5 Å². The molecular weight excluding hydrogens is 340 g/mol. The van der Waals surface area contributed by atoms with Crippen LogP contribution >= 0.6 is 51.1 Å². The molecule has 94 valence electrons. The molecule has 1 unspecified atom stereocenters. The minimum Gasteiger partial charge on any atom is -0.235 e. The normalized spacial score (nSPS) is 20.5. The highest BCUT2D eigenvalue weighted by Gasteiger charge is 2.21. The van der Waals surface area contributed by atoms with Gasteiger partial charge in [0.2, 0.25) is 0 Å². The molecule has 0 aliphatic carbocycles. The summed E-state index contributed by atoms with van der Waals surface area (Å²) in [6, 6.07) is 0. The van der Waals surface area contributed by atoms with E-state index in [-0.39, 0.29) is 0 Å². The second-order valence-electron chi connectivity index (χ2n) is 3.82. The Morgan fingerprint density at radius 1 is 1.41 bits per heavy atom. The van der Waals surface area contributed by atoms with Crippen molar-refractivity contribution in [3.8, 4) is 0 Å². The van der Waals surface area contributed by atoms with Gasteiger partial charge >= 0.3 is 0 Å². The molecule has 2 rings (SSSR count). The van der Waals surface area contributed by atoms with Gasteiger partial charge in [-0.2, -0.15) is 11.8 Å². The average molecular weight is 354 g/mol. The smallest absolute Gasteiger partial charge is 0.147 e. The van der Waals surface area contributed by atoms with Crippen LogP contribution in [-0.2, 0) is 6.42 Å². The number of nitrogens with zero attached hydrogens (tertiary/aromatic N) is 2. The predicted octanol–water partition coefficient (Wildman–Crippen LogP) is 4.37. The van der Waals surface area contributed by atoms with Crippen LogP contribution in [0.4, 0.5) is 0 Å². The summed E-state index contributed by atoms with van der Waals surface area (Å²) in [4.78, 5) is 9.08. The van der Waals surface area contributed by atoms with E-state index in [4.69, 9.17) is 11.6 Å². The lowest BCUT2D eigenvalue weighted by Crippen LogP contribution is -2.12. The number of thioether (sulfide) groups is 2. The summed E-state index contributed by atoms with van der Waals surface area (Å²) >= 11 is 13.5. The monoisotopic (exact) mass is 352 g/mol. The lowest BCUT2D eigenvalue weighted by molar-refractivity contribution is 0.822. The molecule has 17 heavy (non-hydrogen) atoms. The SMILES string of the molecule is CCCc1nc(C2CSCCS2)nc(Cl)c1Br. The molecule has 1 atom stereocenters. The van der Waals surface area contributed by atoms with Crippen LogP contribution in [0.1, 0.15) is 30.1 Å². The quantitative estimate of drug-likeness (QED) is 0.754. The highest BCUT2D eigenvalue weighted by molar-refractivity contribution is 9.10. The van der Waals surface area contributed by atoms with Crippen LogP contribution < -0.4 is 0 Å². The number of aromatic nitrogens is 2. The van der Waals surface area contributed by atoms with Crippen molar-refractivity contribution in [2.45, 2.75) is 25.0 Å². The Hall–Kier alpha value is 0.550. The predicted molar refractivity (Wildman–Crippen MR) is 81.3 cm³/mol. The first-order valence-electron chi connectivity index (χ1n) is 5.63. The minimum absolute atomic E-state index is 0.398. The molecule has 2 heterocycles. The zero-order valence-electron chi connectivity index (χ0n) is 9.58. The topological polar surface area (TPSA) is 25.8 Å². The largest absolute Gasteiger partial charge is 0.235 e. The van der Waals surface area contributed by atoms with Gasteiger partial charge in [0.15, 0.2) is 0 Å². The number of hydrogen-bond donors (Lipinski definition) is 0. The third-order valence-electron chi connectivity index (χ3n) is 2.49. The fraction of sp³-hybridized carbons (Fsp3) is 0.636. The Labute approximate surface area is 124 Å². The van der Waals surface area contributed by atoms with E-state index in [2.05, 4.69) is 32.8 Å². The van der Waals surface area contributed by atoms with Crippen molar-refractivity contribution in [2.75, 3.05) is 17.3 Å². The molecule has 1 aliphatic heterocycles. The number of halogens is 2. The van der Waals surface area contributed by atoms with Crippen LogP contribution in [0.15, 0.2) is 4.47 Å². The van der Waals surface area contributed by atoms with Crippen molar-refractivity contribution >= 4 is 51.1 Å². The third-order valence-corrected chi connectivity index (χ3v) is 6.57. The van der Waals surface area contributed by atoms with Crippen LogP contribution in [-0.4, -0.2) is 27.2 Å². The first-order chi connectivity index (χ1) is 8.22. The van der Waals surface area contributed by atoms with Gasteiger partial charge in [-0.25, -0.2) is 9.97 Å². The molecule has 0 aromatic carbocycles. The lowest BCUT2D eigenvalue weighted by atomic mass is 10.2. The molecule has 0 N–H and O–H groups in total. The lowest BCUT2D eigenvalue weighted by Gasteiger charge is -2.20. The van der Waals surface area contributed by atoms with E-state index in [0.717, 1.165) is 34.6 Å². The average Bonchev–Trinajstić information content (AvgIpc) is 2.36. The van der Waals surface area contributed by atoms with Gasteiger partial charge in [-0.05, 0) is 22.4 Å². The zero-order valence-corrected chi connectivity index (χ0v) is 13.6. The first-order valence-corrected chi connectivity index (χ1v) is 9.01. The van der Waals surface area contributed by atoms with Gasteiger partial charge in [0.1, 0.15) is 11.0 Å². The fourth-order valence-electron chi connectivity index (χ4n) is 1.66. The molecule has 0 bridgehead atoms. The van der Waals surface area contributed by atoms with E-state index in [1.54, 1.807) is 0 Å². The van der Waals surface area contributed by atoms with Crippen molar-refractivity contribution < 1.29 is 0 Å². The Morgan fingerprint density at radius 3 is 2.88 bits per heavy atom. The van der Waals surface area contributed by atoms with Crippen molar-refractivity contribution in [1.82, 2.24) is 9.97 Å². The maximum atomic E-state index is 6.16. The Bertz CT molecular complexity index is 397. The highest BCUT2D eigenvalue weighted by Crippen LogP contribution is 2.36. The van der Waals surface area contributed by atoms with Crippen molar-refractivity contribution in [3.05, 3.63) is 21.1 Å². The number of hydrogen-bond acceptors (Lipinski definition) is 4. The molecule has 1 aromatic rings. The van der Waals surface area contributed by atoms with E-state index in [1.807, 2.05) is 23.5 Å². The second-order valence-corrected chi connectivity index (χ2v) is 7.43. The van der Waals surface area contributed by atoms with Crippen LogP contribution in [0.3, 0.4) is 0 Å². The standard InChI is InChI=1S/C11H14BrClN2S2/c1-2-3-7-9(12)10(13)15-11(14-7)8-6-16-4-5-17-8/h8H,2-6H2,1H3. The Kier molecular flexibility index (Phi) is 5.46. The molecule has 1 saturated heterocycles. The van der Waals surface area contributed by atoms with Gasteiger partial charge in [-0.3, -0.25) is 0 Å². The van der Waals surface area contributed by atoms with Crippen molar-refractivity contribution in [2.24, 2.45) is 0 Å². The Balaban J connectivity index is 2.27. The van der Waals surface area contributed by atoms with E-state index in [0.29, 0.717) is 10.4 Å². The molecule has 0 amide bonds. The molecule has 1 aliphatic rings. The first kappa shape index (κ1) is 14.0. The zero-order chi connectivity index (χ0) is 12.3. The molecule has 1 aromatic heterocycles. The van der Waals surface area contributed by atoms with E-state index in [9.17, 15) is 0 Å². The molecule has 1 fully saturated rings. The van der Waals surface area contributed by atoms with E-state index >= 15 is 0 Å².